The summed E-state index contributed by atoms with van der Waals surface area (Å²) in [7, 11) is 0. The van der Waals surface area contributed by atoms with Crippen LogP contribution >= 0.6 is 0 Å². The maximum Gasteiger partial charge on any atom is 0.101 e. The van der Waals surface area contributed by atoms with E-state index in [0.717, 1.165) is 10.9 Å². The molecule has 0 bridgehead atoms. The number of nitriles is 1. The van der Waals surface area contributed by atoms with Crippen LogP contribution in [-0.4, -0.2) is 4.98 Å². The van der Waals surface area contributed by atoms with Gasteiger partial charge in [-0.15, -0.1) is 0 Å². The standard InChI is InChI=1S/C9H7N3.C2H6/c10-4-6-5-12-9-3-7(11)1-2-8(6)9;1-2/h1-3,5,12H,11H2;1-2H3. The molecule has 1 aromatic heterocycles. The smallest absolute Gasteiger partial charge is 0.101 e. The van der Waals surface area contributed by atoms with E-state index in [-0.39, 0.29) is 0 Å². The highest BCUT2D eigenvalue weighted by molar-refractivity contribution is 5.87. The van der Waals surface area contributed by atoms with Crippen molar-refractivity contribution in [3.8, 4) is 6.07 Å². The molecule has 3 heteroatoms. The Labute approximate surface area is 83.2 Å². The summed E-state index contributed by atoms with van der Waals surface area (Å²) in [6.45, 7) is 4.00. The van der Waals surface area contributed by atoms with Crippen LogP contribution in [0.1, 0.15) is 19.4 Å². The Hall–Kier alpha value is -1.95. The molecular formula is C11H13N3. The number of nitrogen functional groups attached to an aromatic ring is 1. The molecule has 0 unspecified atom stereocenters. The number of hydrogen-bond acceptors (Lipinski definition) is 2. The number of aromatic nitrogens is 1. The van der Waals surface area contributed by atoms with Crippen molar-refractivity contribution in [3.05, 3.63) is 30.0 Å². The summed E-state index contributed by atoms with van der Waals surface area (Å²) in [5, 5.41) is 9.62. The average molecular weight is 187 g/mol. The summed E-state index contributed by atoms with van der Waals surface area (Å²) in [5.74, 6) is 0. The minimum Gasteiger partial charge on any atom is -0.399 e. The Morgan fingerprint density at radius 2 is 2.07 bits per heavy atom. The normalized spacial score (nSPS) is 8.93. The second-order valence-corrected chi connectivity index (χ2v) is 2.62. The molecule has 1 aromatic carbocycles. The molecule has 2 rings (SSSR count). The van der Waals surface area contributed by atoms with E-state index in [9.17, 15) is 0 Å². The number of rotatable bonds is 0. The minimum atomic E-state index is 0.657. The van der Waals surface area contributed by atoms with E-state index in [0.29, 0.717) is 11.3 Å². The highest BCUT2D eigenvalue weighted by atomic mass is 14.7. The number of nitrogens with two attached hydrogens (primary N) is 1. The van der Waals surface area contributed by atoms with Crippen LogP contribution in [0.3, 0.4) is 0 Å². The van der Waals surface area contributed by atoms with Crippen molar-refractivity contribution >= 4 is 16.6 Å². The van der Waals surface area contributed by atoms with Gasteiger partial charge in [0.15, 0.2) is 0 Å². The summed E-state index contributed by atoms with van der Waals surface area (Å²) in [6.07, 6.45) is 1.68. The number of anilines is 1. The van der Waals surface area contributed by atoms with Gasteiger partial charge in [0.25, 0.3) is 0 Å². The molecule has 2 aromatic rings. The van der Waals surface area contributed by atoms with Gasteiger partial charge in [0.1, 0.15) is 6.07 Å². The number of H-pyrrole nitrogens is 1. The number of nitrogens with one attached hydrogen (secondary N) is 1. The lowest BCUT2D eigenvalue weighted by atomic mass is 10.2. The fourth-order valence-corrected chi connectivity index (χ4v) is 1.24. The van der Waals surface area contributed by atoms with Crippen LogP contribution in [-0.2, 0) is 0 Å². The molecule has 0 saturated heterocycles. The minimum absolute atomic E-state index is 0.657. The van der Waals surface area contributed by atoms with Crippen LogP contribution in [0.4, 0.5) is 5.69 Å². The van der Waals surface area contributed by atoms with Gasteiger partial charge in [-0.25, -0.2) is 0 Å². The molecule has 0 fully saturated rings. The van der Waals surface area contributed by atoms with Gasteiger partial charge in [-0.3, -0.25) is 0 Å². The molecule has 1 heterocycles. The van der Waals surface area contributed by atoms with Gasteiger partial charge in [0.05, 0.1) is 5.56 Å². The maximum atomic E-state index is 8.69. The van der Waals surface area contributed by atoms with Gasteiger partial charge >= 0.3 is 0 Å². The number of aromatic amines is 1. The van der Waals surface area contributed by atoms with E-state index in [2.05, 4.69) is 11.1 Å². The Morgan fingerprint density at radius 3 is 2.71 bits per heavy atom. The Morgan fingerprint density at radius 1 is 1.36 bits per heavy atom. The van der Waals surface area contributed by atoms with Crippen LogP contribution in [0.2, 0.25) is 0 Å². The fourth-order valence-electron chi connectivity index (χ4n) is 1.24. The summed E-state index contributed by atoms with van der Waals surface area (Å²) >= 11 is 0. The van der Waals surface area contributed by atoms with Crippen molar-refractivity contribution < 1.29 is 0 Å². The molecule has 0 spiro atoms. The zero-order valence-corrected chi connectivity index (χ0v) is 8.33. The van der Waals surface area contributed by atoms with Gasteiger partial charge < -0.3 is 10.7 Å². The number of nitrogens with zero attached hydrogens (tertiary/aromatic N) is 1. The monoisotopic (exact) mass is 187 g/mol. The topological polar surface area (TPSA) is 65.6 Å². The van der Waals surface area contributed by atoms with E-state index < -0.39 is 0 Å². The van der Waals surface area contributed by atoms with Crippen molar-refractivity contribution in [3.63, 3.8) is 0 Å². The molecule has 0 aliphatic rings. The van der Waals surface area contributed by atoms with Crippen LogP contribution in [0.15, 0.2) is 24.4 Å². The van der Waals surface area contributed by atoms with Crippen LogP contribution < -0.4 is 5.73 Å². The summed E-state index contributed by atoms with van der Waals surface area (Å²) in [4.78, 5) is 2.98. The Kier molecular flexibility index (Phi) is 3.14. The number of benzene rings is 1. The van der Waals surface area contributed by atoms with E-state index in [1.165, 1.54) is 0 Å². The van der Waals surface area contributed by atoms with Crippen molar-refractivity contribution in [2.24, 2.45) is 0 Å². The third-order valence-corrected chi connectivity index (χ3v) is 1.83. The zero-order chi connectivity index (χ0) is 10.6. The van der Waals surface area contributed by atoms with Gasteiger partial charge in [-0.05, 0) is 18.2 Å². The zero-order valence-electron chi connectivity index (χ0n) is 8.33. The molecule has 0 aliphatic carbocycles. The second-order valence-electron chi connectivity index (χ2n) is 2.62. The predicted molar refractivity (Wildman–Crippen MR) is 58.8 cm³/mol. The molecule has 0 atom stereocenters. The predicted octanol–water partition coefficient (Wildman–Crippen LogP) is 2.65. The first kappa shape index (κ1) is 10.1. The lowest BCUT2D eigenvalue weighted by molar-refractivity contribution is 1.45. The maximum absolute atomic E-state index is 8.69. The SMILES string of the molecule is CC.N#Cc1c[nH]c2cc(N)ccc12. The summed E-state index contributed by atoms with van der Waals surface area (Å²) < 4.78 is 0. The quantitative estimate of drug-likeness (QED) is 0.622. The van der Waals surface area contributed by atoms with E-state index in [1.807, 2.05) is 26.0 Å². The highest BCUT2D eigenvalue weighted by Gasteiger charge is 2.01. The van der Waals surface area contributed by atoms with Gasteiger partial charge in [0.2, 0.25) is 0 Å². The molecule has 3 nitrogen and oxygen atoms in total. The summed E-state index contributed by atoms with van der Waals surface area (Å²) in [6, 6.07) is 7.55. The molecule has 0 amide bonds. The molecule has 0 radical (unpaired) electrons. The second kappa shape index (κ2) is 4.33. The van der Waals surface area contributed by atoms with Gasteiger partial charge in [-0.2, -0.15) is 5.26 Å². The molecule has 14 heavy (non-hydrogen) atoms. The molecule has 72 valence electrons. The fraction of sp³-hybridized carbons (Fsp3) is 0.182. The van der Waals surface area contributed by atoms with Crippen LogP contribution in [0.5, 0.6) is 0 Å². The number of hydrogen-bond donors (Lipinski definition) is 2. The van der Waals surface area contributed by atoms with Gasteiger partial charge in [0, 0.05) is 22.8 Å². The average Bonchev–Trinajstić information content (AvgIpc) is 2.62. The van der Waals surface area contributed by atoms with E-state index >= 15 is 0 Å². The first-order valence-electron chi connectivity index (χ1n) is 4.58. The first-order chi connectivity index (χ1) is 6.81. The lowest BCUT2D eigenvalue weighted by Crippen LogP contribution is -1.82. The summed E-state index contributed by atoms with van der Waals surface area (Å²) in [5.41, 5.74) is 7.84. The van der Waals surface area contributed by atoms with E-state index in [4.69, 9.17) is 11.0 Å². The highest BCUT2D eigenvalue weighted by Crippen LogP contribution is 2.19. The molecule has 3 N–H and O–H groups in total. The molecule has 0 aliphatic heterocycles. The Bertz CT molecular complexity index is 463. The largest absolute Gasteiger partial charge is 0.399 e. The molecule has 0 saturated carbocycles. The van der Waals surface area contributed by atoms with Gasteiger partial charge in [-0.1, -0.05) is 13.8 Å². The van der Waals surface area contributed by atoms with Crippen molar-refractivity contribution in [2.75, 3.05) is 5.73 Å². The van der Waals surface area contributed by atoms with Crippen molar-refractivity contribution in [1.82, 2.24) is 4.98 Å². The third-order valence-electron chi connectivity index (χ3n) is 1.83. The van der Waals surface area contributed by atoms with Crippen molar-refractivity contribution in [1.29, 1.82) is 5.26 Å². The Balaban J connectivity index is 0.000000461. The lowest BCUT2D eigenvalue weighted by Gasteiger charge is -1.92. The number of fused-ring (bicyclic) bond motifs is 1. The third kappa shape index (κ3) is 1.69. The first-order valence-corrected chi connectivity index (χ1v) is 4.58. The molecular weight excluding hydrogens is 174 g/mol. The van der Waals surface area contributed by atoms with Crippen LogP contribution in [0, 0.1) is 11.3 Å². The van der Waals surface area contributed by atoms with Crippen molar-refractivity contribution in [2.45, 2.75) is 13.8 Å². The van der Waals surface area contributed by atoms with E-state index in [1.54, 1.807) is 12.3 Å². The van der Waals surface area contributed by atoms with Crippen LogP contribution in [0.25, 0.3) is 10.9 Å².